The van der Waals surface area contributed by atoms with Crippen molar-refractivity contribution in [3.63, 3.8) is 0 Å². The number of carbonyl (C=O) groups excluding carboxylic acids is 2. The number of halogens is 16. The number of aromatic hydroxyl groups is 2. The Morgan fingerprint density at radius 1 is 0.427 bits per heavy atom. The van der Waals surface area contributed by atoms with Gasteiger partial charge in [-0.25, -0.2) is 34.4 Å². The van der Waals surface area contributed by atoms with Gasteiger partial charge in [0.2, 0.25) is 0 Å². The molecule has 34 heteroatoms. The van der Waals surface area contributed by atoms with Crippen LogP contribution in [0.2, 0.25) is 0 Å². The molecule has 0 atom stereocenters. The summed E-state index contributed by atoms with van der Waals surface area (Å²) in [5.41, 5.74) is -18.5. The van der Waals surface area contributed by atoms with E-state index in [0.29, 0.717) is 24.3 Å². The average molecular weight is 1240 g/mol. The number of hydrogen-bond donors (Lipinski definition) is 6. The van der Waals surface area contributed by atoms with Crippen LogP contribution in [0.3, 0.4) is 0 Å². The molecule has 0 amide bonds. The zero-order valence-corrected chi connectivity index (χ0v) is 46.3. The molecule has 82 heavy (non-hydrogen) atoms. The normalized spacial score (nSPS) is 13.0. The van der Waals surface area contributed by atoms with Gasteiger partial charge in [0.25, 0.3) is 31.2 Å². The van der Waals surface area contributed by atoms with Crippen molar-refractivity contribution in [3.05, 3.63) is 190 Å². The SMILES string of the molecule is O=C([O-])C=C(c1ccc(F)cc1)c1ccc(S(=O)(=O)Nc2cc(F)cc(C(O)(C(F)(F)F)C(F)(F)F)c2)cc1O.O=C([O-])C=C(c1ccc(F)cc1)c1ccc(S(=O)(=O)Nc2cc(F)cc(C(O)(C(F)(F)F)C(F)(F)F)c2)cc1O.[Na+].[Na+]. The molecule has 6 N–H and O–H groups in total. The van der Waals surface area contributed by atoms with Crippen molar-refractivity contribution in [2.45, 2.75) is 45.7 Å². The number of hydrogen-bond acceptors (Lipinski definition) is 12. The van der Waals surface area contributed by atoms with Gasteiger partial charge in [-0.15, -0.1) is 0 Å². The van der Waals surface area contributed by atoms with E-state index in [1.54, 1.807) is 9.44 Å². The Bertz CT molecular complexity index is 3390. The number of anilines is 2. The number of alkyl halides is 12. The summed E-state index contributed by atoms with van der Waals surface area (Å²) < 4.78 is 267. The molecule has 14 nitrogen and oxygen atoms in total. The number of aliphatic carboxylic acids is 2. The van der Waals surface area contributed by atoms with Gasteiger partial charge in [0, 0.05) is 34.4 Å². The maximum Gasteiger partial charge on any atom is 1.00 e. The first-order valence-electron chi connectivity index (χ1n) is 21.0. The van der Waals surface area contributed by atoms with Crippen LogP contribution in [-0.4, -0.2) is 73.9 Å². The minimum absolute atomic E-state index is 0. The topological polar surface area (TPSA) is 254 Å². The predicted molar refractivity (Wildman–Crippen MR) is 240 cm³/mol. The molecule has 0 bridgehead atoms. The van der Waals surface area contributed by atoms with Crippen LogP contribution < -0.4 is 78.8 Å². The number of phenolic OH excluding ortho intramolecular Hbond substituents is 2. The van der Waals surface area contributed by atoms with E-state index in [1.807, 2.05) is 0 Å². The fourth-order valence-electron chi connectivity index (χ4n) is 7.06. The second-order valence-corrected chi connectivity index (χ2v) is 19.6. The van der Waals surface area contributed by atoms with E-state index in [2.05, 4.69) is 0 Å². The molecule has 6 rings (SSSR count). The summed E-state index contributed by atoms with van der Waals surface area (Å²) in [6, 6.07) is 12.6. The number of nitrogens with one attached hydrogen (secondary N) is 2. The standard InChI is InChI=1S/2C24H15F8NO6S.2Na/c2*25-14-3-1-12(2-4-14)19(11-21(35)36)18-6-5-17(10-20(18)34)40(38,39)33-16-8-13(7-15(26)9-16)22(37,23(27,28)29)24(30,31)32;;/h2*1-11,33-34,37H,(H,35,36);;/q;;2*+1/p-2. The number of sulfonamides is 2. The van der Waals surface area contributed by atoms with Gasteiger partial charge in [-0.1, -0.05) is 24.3 Å². The molecule has 0 aliphatic heterocycles. The van der Waals surface area contributed by atoms with E-state index in [0.717, 1.165) is 72.8 Å². The van der Waals surface area contributed by atoms with Crippen molar-refractivity contribution >= 4 is 54.5 Å². The molecule has 0 saturated carbocycles. The third-order valence-electron chi connectivity index (χ3n) is 10.8. The maximum atomic E-state index is 14.0. The van der Waals surface area contributed by atoms with Crippen LogP contribution >= 0.6 is 0 Å². The quantitative estimate of drug-likeness (QED) is 0.0520. The van der Waals surface area contributed by atoms with Crippen molar-refractivity contribution in [3.8, 4) is 11.5 Å². The Balaban J connectivity index is 0.000000420. The second kappa shape index (κ2) is 25.6. The molecule has 6 aromatic carbocycles. The molecule has 0 fully saturated rings. The summed E-state index contributed by atoms with van der Waals surface area (Å²) in [6.45, 7) is 0. The molecule has 0 unspecified atom stereocenters. The molecule has 0 saturated heterocycles. The van der Waals surface area contributed by atoms with Crippen molar-refractivity contribution in [2.24, 2.45) is 0 Å². The maximum absolute atomic E-state index is 14.0. The zero-order chi connectivity index (χ0) is 60.5. The number of phenols is 2. The second-order valence-electron chi connectivity index (χ2n) is 16.2. The zero-order valence-electron chi connectivity index (χ0n) is 40.6. The van der Waals surface area contributed by atoms with E-state index >= 15 is 0 Å². The summed E-state index contributed by atoms with van der Waals surface area (Å²) in [6.07, 6.45) is -24.5. The Kier molecular flexibility index (Phi) is 21.9. The van der Waals surface area contributed by atoms with Crippen LogP contribution in [0.5, 0.6) is 11.5 Å². The molecular weight excluding hydrogens is 1210 g/mol. The number of carboxylic acids is 2. The van der Waals surface area contributed by atoms with E-state index in [9.17, 15) is 127 Å². The van der Waals surface area contributed by atoms with Crippen molar-refractivity contribution in [2.75, 3.05) is 9.44 Å². The Morgan fingerprint density at radius 2 is 0.707 bits per heavy atom. The molecule has 0 radical (unpaired) electrons. The molecular formula is C48H28F16N2Na2O12S2. The molecule has 6 aromatic rings. The van der Waals surface area contributed by atoms with Crippen LogP contribution in [0, 0.1) is 23.3 Å². The monoisotopic (exact) mass is 1240 g/mol. The fourth-order valence-corrected chi connectivity index (χ4v) is 9.18. The van der Waals surface area contributed by atoms with Crippen LogP contribution in [0.15, 0.2) is 143 Å². The van der Waals surface area contributed by atoms with Gasteiger partial charge in [-0.2, -0.15) is 52.7 Å². The van der Waals surface area contributed by atoms with Crippen molar-refractivity contribution in [1.82, 2.24) is 0 Å². The summed E-state index contributed by atoms with van der Waals surface area (Å²) in [7, 11) is -9.88. The van der Waals surface area contributed by atoms with Gasteiger partial charge >= 0.3 is 83.8 Å². The molecule has 0 aliphatic carbocycles. The number of rotatable bonds is 14. The summed E-state index contributed by atoms with van der Waals surface area (Å²) in [5, 5.41) is 62.2. The van der Waals surface area contributed by atoms with Crippen LogP contribution in [-0.2, 0) is 40.8 Å². The third-order valence-corrected chi connectivity index (χ3v) is 13.5. The third kappa shape index (κ3) is 15.6. The molecule has 428 valence electrons. The number of carbonyl (C=O) groups is 2. The predicted octanol–water partition coefficient (Wildman–Crippen LogP) is 1.94. The fraction of sp³-hybridized carbons (Fsp3) is 0.125. The largest absolute Gasteiger partial charge is 1.00 e. The van der Waals surface area contributed by atoms with E-state index in [1.165, 1.54) is 0 Å². The van der Waals surface area contributed by atoms with Gasteiger partial charge in [0.15, 0.2) is 0 Å². The van der Waals surface area contributed by atoms with Crippen LogP contribution in [0.25, 0.3) is 11.1 Å². The Morgan fingerprint density at radius 3 is 0.951 bits per heavy atom. The molecule has 0 spiro atoms. The Hall–Kier alpha value is -6.36. The van der Waals surface area contributed by atoms with E-state index in [-0.39, 0.29) is 129 Å². The van der Waals surface area contributed by atoms with Crippen LogP contribution in [0.4, 0.5) is 81.6 Å². The summed E-state index contributed by atoms with van der Waals surface area (Å²) >= 11 is 0. The van der Waals surface area contributed by atoms with Gasteiger partial charge < -0.3 is 40.2 Å². The average Bonchev–Trinajstić information content (AvgIpc) is 3.30. The number of carboxylic acid groups (broad SMARTS) is 2. The van der Waals surface area contributed by atoms with Crippen molar-refractivity contribution in [1.29, 1.82) is 0 Å². The number of benzene rings is 6. The molecule has 0 aromatic heterocycles. The van der Waals surface area contributed by atoms with Gasteiger partial charge in [0.05, 0.1) is 33.1 Å². The Labute approximate surface area is 494 Å². The van der Waals surface area contributed by atoms with Gasteiger partial charge in [-0.3, -0.25) is 9.44 Å². The number of aliphatic hydroxyl groups is 2. The van der Waals surface area contributed by atoms with E-state index in [4.69, 9.17) is 0 Å². The molecule has 0 aliphatic rings. The first kappa shape index (κ1) is 69.9. The minimum Gasteiger partial charge on any atom is -0.545 e. The van der Waals surface area contributed by atoms with E-state index < -0.39 is 135 Å². The van der Waals surface area contributed by atoms with Gasteiger partial charge in [-0.05, 0) is 119 Å². The smallest absolute Gasteiger partial charge is 0.545 e. The van der Waals surface area contributed by atoms with Crippen molar-refractivity contribution < 1.29 is 186 Å². The van der Waals surface area contributed by atoms with Gasteiger partial charge in [0.1, 0.15) is 34.8 Å². The summed E-state index contributed by atoms with van der Waals surface area (Å²) in [5.74, 6) is -10.1. The minimum atomic E-state index is -6.38. The first-order valence-corrected chi connectivity index (χ1v) is 23.9. The van der Waals surface area contributed by atoms with Crippen LogP contribution in [0.1, 0.15) is 33.4 Å². The molecule has 0 heterocycles. The summed E-state index contributed by atoms with van der Waals surface area (Å²) in [4.78, 5) is 20.7. The first-order chi connectivity index (χ1) is 36.5.